The van der Waals surface area contributed by atoms with Gasteiger partial charge in [-0.1, -0.05) is 60.8 Å². The fraction of sp³-hybridized carbons (Fsp3) is 0.417. The van der Waals surface area contributed by atoms with Crippen LogP contribution < -0.4 is 5.73 Å². The van der Waals surface area contributed by atoms with Gasteiger partial charge in [0, 0.05) is 16.5 Å². The molecule has 0 unspecified atom stereocenters. The second kappa shape index (κ2) is 11.3. The fourth-order valence-corrected chi connectivity index (χ4v) is 4.54. The molecule has 1 aliphatic rings. The van der Waals surface area contributed by atoms with E-state index in [4.69, 9.17) is 33.7 Å². The lowest BCUT2D eigenvalue weighted by molar-refractivity contribution is -0.185. The number of benzene rings is 2. The lowest BCUT2D eigenvalue weighted by Crippen LogP contribution is -2.58. The number of hydrogen-bond donors (Lipinski definition) is 3. The van der Waals surface area contributed by atoms with Gasteiger partial charge in [-0.2, -0.15) is 0 Å². The van der Waals surface area contributed by atoms with Gasteiger partial charge in [0.25, 0.3) is 5.91 Å². The third-order valence-corrected chi connectivity index (χ3v) is 6.23. The molecular weight excluding hydrogens is 467 g/mol. The van der Waals surface area contributed by atoms with Crippen LogP contribution in [0.1, 0.15) is 49.5 Å². The minimum absolute atomic E-state index is 0.131. The molecule has 0 radical (unpaired) electrons. The monoisotopic (exact) mass is 494 g/mol. The molecule has 3 rings (SSSR count). The largest absolute Gasteiger partial charge is 0.394 e. The Hall–Kier alpha value is -2.16. The average molecular weight is 495 g/mol. The van der Waals surface area contributed by atoms with Gasteiger partial charge in [0.1, 0.15) is 18.2 Å². The second-order valence-electron chi connectivity index (χ2n) is 8.12. The number of halogens is 2. The van der Waals surface area contributed by atoms with Crippen molar-refractivity contribution in [2.45, 2.75) is 56.6 Å². The molecule has 5 atom stereocenters. The molecule has 178 valence electrons. The molecule has 0 bridgehead atoms. The topological polar surface area (TPSA) is 113 Å². The van der Waals surface area contributed by atoms with Crippen LogP contribution in [0.15, 0.2) is 48.5 Å². The molecule has 0 saturated carbocycles. The third-order valence-electron chi connectivity index (χ3n) is 5.74. The number of nitrogens with two attached hydrogens (primary N) is 1. The summed E-state index contributed by atoms with van der Waals surface area (Å²) in [5.41, 5.74) is 7.16. The fourth-order valence-electron chi connectivity index (χ4n) is 4.22. The Balaban J connectivity index is 2.18. The van der Waals surface area contributed by atoms with Gasteiger partial charge in [0.2, 0.25) is 5.91 Å². The Morgan fingerprint density at radius 2 is 1.85 bits per heavy atom. The van der Waals surface area contributed by atoms with Crippen LogP contribution in [0, 0.1) is 0 Å². The number of aliphatic hydroxyl groups excluding tert-OH is 2. The van der Waals surface area contributed by atoms with E-state index < -0.39 is 48.8 Å². The number of morpholine rings is 1. The number of carbonyl (C=O) groups is 2. The van der Waals surface area contributed by atoms with Crippen LogP contribution in [0.2, 0.25) is 10.0 Å². The Bertz CT molecular complexity index is 972. The maximum atomic E-state index is 13.6. The molecular formula is C24H28Cl2N2O5. The van der Waals surface area contributed by atoms with Crippen molar-refractivity contribution in [1.82, 2.24) is 4.90 Å². The zero-order valence-corrected chi connectivity index (χ0v) is 19.7. The summed E-state index contributed by atoms with van der Waals surface area (Å²) in [5, 5.41) is 20.4. The Kier molecular flexibility index (Phi) is 8.73. The standard InChI is InChI=1S/C24H28Cl2N2O5/c1-2-4-19(23(27)31)28-21(14-7-9-16(25)10-8-14)22(15-5-3-6-17(26)11-15)33-20(24(28)32)12-18(30)13-29/h3,5-11,18-22,29-30H,2,4,12-13H2,1H3,(H2,27,31)/t18-,19+,20+,21-,22+/m0/s1. The van der Waals surface area contributed by atoms with Crippen LogP contribution in [-0.2, 0) is 14.3 Å². The smallest absolute Gasteiger partial charge is 0.253 e. The van der Waals surface area contributed by atoms with Crippen molar-refractivity contribution in [3.05, 3.63) is 69.7 Å². The minimum atomic E-state index is -1.16. The lowest BCUT2D eigenvalue weighted by atomic mass is 9.88. The van der Waals surface area contributed by atoms with Gasteiger partial charge < -0.3 is 25.6 Å². The van der Waals surface area contributed by atoms with Gasteiger partial charge in [0.15, 0.2) is 0 Å². The van der Waals surface area contributed by atoms with Crippen LogP contribution in [0.3, 0.4) is 0 Å². The molecule has 2 amide bonds. The van der Waals surface area contributed by atoms with E-state index in [1.165, 1.54) is 4.90 Å². The van der Waals surface area contributed by atoms with E-state index in [-0.39, 0.29) is 6.42 Å². The van der Waals surface area contributed by atoms with Crippen LogP contribution in [-0.4, -0.2) is 51.8 Å². The van der Waals surface area contributed by atoms with Crippen LogP contribution in [0.5, 0.6) is 0 Å². The van der Waals surface area contributed by atoms with Crippen molar-refractivity contribution in [1.29, 1.82) is 0 Å². The number of aliphatic hydroxyl groups is 2. The van der Waals surface area contributed by atoms with E-state index in [2.05, 4.69) is 0 Å². The van der Waals surface area contributed by atoms with E-state index in [0.29, 0.717) is 34.0 Å². The zero-order chi connectivity index (χ0) is 24.1. The van der Waals surface area contributed by atoms with Crippen LogP contribution in [0.25, 0.3) is 0 Å². The lowest BCUT2D eigenvalue weighted by Gasteiger charge is -2.47. The minimum Gasteiger partial charge on any atom is -0.394 e. The van der Waals surface area contributed by atoms with Crippen molar-refractivity contribution in [2.75, 3.05) is 6.61 Å². The Morgan fingerprint density at radius 3 is 2.42 bits per heavy atom. The summed E-state index contributed by atoms with van der Waals surface area (Å²) in [6, 6.07) is 12.4. The quantitative estimate of drug-likeness (QED) is 0.494. The van der Waals surface area contributed by atoms with Crippen LogP contribution >= 0.6 is 23.2 Å². The number of rotatable bonds is 9. The van der Waals surface area contributed by atoms with Gasteiger partial charge in [-0.15, -0.1) is 0 Å². The molecule has 9 heteroatoms. The summed E-state index contributed by atoms with van der Waals surface area (Å²) >= 11 is 12.3. The van der Waals surface area contributed by atoms with Gasteiger partial charge in [-0.3, -0.25) is 9.59 Å². The first-order chi connectivity index (χ1) is 15.8. The molecule has 1 saturated heterocycles. The molecule has 0 aromatic heterocycles. The van der Waals surface area contributed by atoms with E-state index in [0.717, 1.165) is 0 Å². The SMILES string of the molecule is CCC[C@H](C(N)=O)N1C(=O)[C@@H](C[C@H](O)CO)O[C@H](c2cccc(Cl)c2)[C@@H]1c1ccc(Cl)cc1. The van der Waals surface area contributed by atoms with E-state index in [1.54, 1.807) is 42.5 Å². The summed E-state index contributed by atoms with van der Waals surface area (Å²) in [4.78, 5) is 27.6. The van der Waals surface area contributed by atoms with Crippen molar-refractivity contribution >= 4 is 35.0 Å². The van der Waals surface area contributed by atoms with Gasteiger partial charge in [-0.05, 0) is 41.8 Å². The summed E-state index contributed by atoms with van der Waals surface area (Å²) in [5.74, 6) is -1.10. The van der Waals surface area contributed by atoms with Gasteiger partial charge >= 0.3 is 0 Å². The first kappa shape index (κ1) is 25.5. The molecule has 2 aromatic carbocycles. The maximum Gasteiger partial charge on any atom is 0.253 e. The maximum absolute atomic E-state index is 13.6. The second-order valence-corrected chi connectivity index (χ2v) is 8.99. The van der Waals surface area contributed by atoms with E-state index in [9.17, 15) is 19.8 Å². The molecule has 4 N–H and O–H groups in total. The molecule has 7 nitrogen and oxygen atoms in total. The summed E-state index contributed by atoms with van der Waals surface area (Å²) in [7, 11) is 0. The first-order valence-electron chi connectivity index (χ1n) is 10.8. The highest BCUT2D eigenvalue weighted by atomic mass is 35.5. The average Bonchev–Trinajstić information content (AvgIpc) is 2.79. The summed E-state index contributed by atoms with van der Waals surface area (Å²) in [6.45, 7) is 1.38. The number of primary amides is 1. The molecule has 0 aliphatic carbocycles. The predicted octanol–water partition coefficient (Wildman–Crippen LogP) is 3.40. The molecule has 0 spiro atoms. The number of amides is 2. The highest BCUT2D eigenvalue weighted by Gasteiger charge is 2.48. The van der Waals surface area contributed by atoms with Crippen molar-refractivity contribution in [3.8, 4) is 0 Å². The molecule has 1 aliphatic heterocycles. The number of hydrogen-bond acceptors (Lipinski definition) is 5. The van der Waals surface area contributed by atoms with Crippen molar-refractivity contribution in [3.63, 3.8) is 0 Å². The highest BCUT2D eigenvalue weighted by molar-refractivity contribution is 6.30. The van der Waals surface area contributed by atoms with Crippen LogP contribution in [0.4, 0.5) is 0 Å². The summed E-state index contributed by atoms with van der Waals surface area (Å²) in [6.07, 6.45) is -2.10. The van der Waals surface area contributed by atoms with E-state index in [1.807, 2.05) is 13.0 Å². The predicted molar refractivity (Wildman–Crippen MR) is 126 cm³/mol. The van der Waals surface area contributed by atoms with Gasteiger partial charge in [0.05, 0.1) is 18.8 Å². The number of nitrogens with zero attached hydrogens (tertiary/aromatic N) is 1. The molecule has 33 heavy (non-hydrogen) atoms. The van der Waals surface area contributed by atoms with Gasteiger partial charge in [-0.25, -0.2) is 0 Å². The molecule has 1 fully saturated rings. The summed E-state index contributed by atoms with van der Waals surface area (Å²) < 4.78 is 6.24. The number of ether oxygens (including phenoxy) is 1. The van der Waals surface area contributed by atoms with Crippen molar-refractivity contribution < 1.29 is 24.5 Å². The normalized spacial score (nSPS) is 22.8. The van der Waals surface area contributed by atoms with Crippen molar-refractivity contribution in [2.24, 2.45) is 5.73 Å². The zero-order valence-electron chi connectivity index (χ0n) is 18.2. The van der Waals surface area contributed by atoms with E-state index >= 15 is 0 Å². The third kappa shape index (κ3) is 5.86. The Morgan fingerprint density at radius 1 is 1.15 bits per heavy atom. The Labute approximate surface area is 203 Å². The number of carbonyl (C=O) groups excluding carboxylic acids is 2. The molecule has 2 aromatic rings. The highest BCUT2D eigenvalue weighted by Crippen LogP contribution is 2.44. The molecule has 1 heterocycles. The first-order valence-corrected chi connectivity index (χ1v) is 11.6.